The average Bonchev–Trinajstić information content (AvgIpc) is 2.36. The van der Waals surface area contributed by atoms with E-state index in [0.29, 0.717) is 0 Å². The van der Waals surface area contributed by atoms with Crippen LogP contribution < -0.4 is 5.32 Å². The van der Waals surface area contributed by atoms with Crippen molar-refractivity contribution in [2.45, 2.75) is 26.2 Å². The molecule has 0 amide bonds. The Hall–Kier alpha value is -0.0400. The van der Waals surface area contributed by atoms with Gasteiger partial charge in [-0.25, -0.2) is 0 Å². The van der Waals surface area contributed by atoms with Crippen LogP contribution in [0, 0.1) is 17.8 Å². The predicted molar refractivity (Wildman–Crippen MR) is 42.9 cm³/mol. The van der Waals surface area contributed by atoms with Gasteiger partial charge < -0.3 is 5.32 Å². The summed E-state index contributed by atoms with van der Waals surface area (Å²) in [5.41, 5.74) is 0. The molecule has 58 valence electrons. The second-order valence-corrected chi connectivity index (χ2v) is 3.99. The zero-order valence-electron chi connectivity index (χ0n) is 6.77. The Morgan fingerprint density at radius 1 is 1.20 bits per heavy atom. The maximum Gasteiger partial charge on any atom is -0.00147 e. The molecular formula is C9H17N. The summed E-state index contributed by atoms with van der Waals surface area (Å²) in [7, 11) is 0. The molecule has 0 spiro atoms. The molecule has 1 N–H and O–H groups in total. The first-order valence-electron chi connectivity index (χ1n) is 4.58. The van der Waals surface area contributed by atoms with Crippen LogP contribution in [0.2, 0.25) is 0 Å². The number of hydrogen-bond donors (Lipinski definition) is 1. The Morgan fingerprint density at radius 2 is 2.10 bits per heavy atom. The first-order valence-corrected chi connectivity index (χ1v) is 4.58. The molecule has 1 heteroatoms. The normalized spacial score (nSPS) is 47.1. The van der Waals surface area contributed by atoms with E-state index in [-0.39, 0.29) is 0 Å². The van der Waals surface area contributed by atoms with E-state index in [2.05, 4.69) is 12.2 Å². The van der Waals surface area contributed by atoms with Crippen LogP contribution in [0.25, 0.3) is 0 Å². The first kappa shape index (κ1) is 6.66. The van der Waals surface area contributed by atoms with Gasteiger partial charge in [-0.1, -0.05) is 19.8 Å². The van der Waals surface area contributed by atoms with Gasteiger partial charge in [0.15, 0.2) is 0 Å². The van der Waals surface area contributed by atoms with Crippen LogP contribution in [-0.2, 0) is 0 Å². The van der Waals surface area contributed by atoms with Gasteiger partial charge >= 0.3 is 0 Å². The van der Waals surface area contributed by atoms with E-state index in [1.54, 1.807) is 0 Å². The van der Waals surface area contributed by atoms with Crippen LogP contribution >= 0.6 is 0 Å². The molecule has 0 aromatic carbocycles. The topological polar surface area (TPSA) is 12.0 Å². The molecule has 0 bridgehead atoms. The number of fused-ring (bicyclic) bond motifs is 1. The van der Waals surface area contributed by atoms with Crippen molar-refractivity contribution in [3.8, 4) is 0 Å². The van der Waals surface area contributed by atoms with Gasteiger partial charge in [-0.2, -0.15) is 0 Å². The highest BCUT2D eigenvalue weighted by Gasteiger charge is 2.33. The van der Waals surface area contributed by atoms with Gasteiger partial charge in [0.05, 0.1) is 0 Å². The van der Waals surface area contributed by atoms with E-state index in [4.69, 9.17) is 0 Å². The molecule has 1 nitrogen and oxygen atoms in total. The van der Waals surface area contributed by atoms with Crippen LogP contribution in [0.15, 0.2) is 0 Å². The largest absolute Gasteiger partial charge is 0.316 e. The minimum atomic E-state index is 0.994. The van der Waals surface area contributed by atoms with Gasteiger partial charge in [-0.3, -0.25) is 0 Å². The van der Waals surface area contributed by atoms with Crippen LogP contribution in [0.5, 0.6) is 0 Å². The standard InChI is InChI=1S/C9H17N/c1-7-3-2-4-8-5-10-6-9(7)8/h7-10H,2-6H2,1H3. The molecule has 2 aliphatic rings. The highest BCUT2D eigenvalue weighted by Crippen LogP contribution is 2.36. The molecule has 1 aliphatic heterocycles. The van der Waals surface area contributed by atoms with Crippen molar-refractivity contribution in [2.24, 2.45) is 17.8 Å². The molecule has 0 aromatic heterocycles. The van der Waals surface area contributed by atoms with Crippen LogP contribution in [0.1, 0.15) is 26.2 Å². The zero-order valence-corrected chi connectivity index (χ0v) is 6.77. The van der Waals surface area contributed by atoms with Crippen molar-refractivity contribution < 1.29 is 0 Å². The summed E-state index contributed by atoms with van der Waals surface area (Å²) in [5.74, 6) is 3.05. The smallest absolute Gasteiger partial charge is 0.00147 e. The molecule has 2 rings (SSSR count). The lowest BCUT2D eigenvalue weighted by Crippen LogP contribution is -2.24. The van der Waals surface area contributed by atoms with Crippen LogP contribution in [0.3, 0.4) is 0 Å². The molecule has 10 heavy (non-hydrogen) atoms. The lowest BCUT2D eigenvalue weighted by Gasteiger charge is -2.30. The average molecular weight is 139 g/mol. The minimum absolute atomic E-state index is 0.994. The van der Waals surface area contributed by atoms with E-state index in [1.165, 1.54) is 32.4 Å². The quantitative estimate of drug-likeness (QED) is 0.538. The summed E-state index contributed by atoms with van der Waals surface area (Å²) >= 11 is 0. The lowest BCUT2D eigenvalue weighted by molar-refractivity contribution is 0.215. The molecule has 0 radical (unpaired) electrons. The number of nitrogens with one attached hydrogen (secondary N) is 1. The Kier molecular flexibility index (Phi) is 1.69. The van der Waals surface area contributed by atoms with Crippen LogP contribution in [-0.4, -0.2) is 13.1 Å². The molecule has 1 heterocycles. The predicted octanol–water partition coefficient (Wildman–Crippen LogP) is 1.64. The van der Waals surface area contributed by atoms with E-state index in [0.717, 1.165) is 17.8 Å². The third-order valence-electron chi connectivity index (χ3n) is 3.36. The summed E-state index contributed by atoms with van der Waals surface area (Å²) < 4.78 is 0. The first-order chi connectivity index (χ1) is 4.88. The van der Waals surface area contributed by atoms with Crippen molar-refractivity contribution >= 4 is 0 Å². The molecule has 0 aromatic rings. The fourth-order valence-corrected chi connectivity index (χ4v) is 2.65. The molecule has 1 saturated heterocycles. The third-order valence-corrected chi connectivity index (χ3v) is 3.36. The minimum Gasteiger partial charge on any atom is -0.316 e. The molecule has 3 atom stereocenters. The molecule has 1 aliphatic carbocycles. The second-order valence-electron chi connectivity index (χ2n) is 3.99. The van der Waals surface area contributed by atoms with Gasteiger partial charge in [0.25, 0.3) is 0 Å². The van der Waals surface area contributed by atoms with Crippen molar-refractivity contribution in [1.29, 1.82) is 0 Å². The fraction of sp³-hybridized carbons (Fsp3) is 1.00. The monoisotopic (exact) mass is 139 g/mol. The Bertz CT molecular complexity index is 122. The Morgan fingerprint density at radius 3 is 2.90 bits per heavy atom. The fourth-order valence-electron chi connectivity index (χ4n) is 2.65. The third kappa shape index (κ3) is 0.968. The maximum atomic E-state index is 3.49. The SMILES string of the molecule is CC1CCCC2CNCC12. The molecule has 1 saturated carbocycles. The summed E-state index contributed by atoms with van der Waals surface area (Å²) in [5, 5.41) is 3.49. The van der Waals surface area contributed by atoms with Crippen molar-refractivity contribution in [1.82, 2.24) is 5.32 Å². The number of rotatable bonds is 0. The summed E-state index contributed by atoms with van der Waals surface area (Å²) in [6.07, 6.45) is 4.44. The Balaban J connectivity index is 2.03. The Labute approximate surface area is 63.2 Å². The molecular weight excluding hydrogens is 122 g/mol. The van der Waals surface area contributed by atoms with Crippen molar-refractivity contribution in [3.63, 3.8) is 0 Å². The summed E-state index contributed by atoms with van der Waals surface area (Å²) in [6, 6.07) is 0. The summed E-state index contributed by atoms with van der Waals surface area (Å²) in [4.78, 5) is 0. The lowest BCUT2D eigenvalue weighted by atomic mass is 9.75. The second kappa shape index (κ2) is 2.54. The maximum absolute atomic E-state index is 3.49. The molecule has 2 fully saturated rings. The van der Waals surface area contributed by atoms with Gasteiger partial charge in [0.1, 0.15) is 0 Å². The summed E-state index contributed by atoms with van der Waals surface area (Å²) in [6.45, 7) is 5.02. The van der Waals surface area contributed by atoms with Gasteiger partial charge in [-0.15, -0.1) is 0 Å². The zero-order chi connectivity index (χ0) is 6.97. The van der Waals surface area contributed by atoms with Gasteiger partial charge in [0.2, 0.25) is 0 Å². The van der Waals surface area contributed by atoms with E-state index >= 15 is 0 Å². The van der Waals surface area contributed by atoms with E-state index in [9.17, 15) is 0 Å². The number of hydrogen-bond acceptors (Lipinski definition) is 1. The van der Waals surface area contributed by atoms with E-state index in [1.807, 2.05) is 0 Å². The van der Waals surface area contributed by atoms with E-state index < -0.39 is 0 Å². The van der Waals surface area contributed by atoms with Crippen molar-refractivity contribution in [2.75, 3.05) is 13.1 Å². The highest BCUT2D eigenvalue weighted by molar-refractivity contribution is 4.87. The van der Waals surface area contributed by atoms with Crippen LogP contribution in [0.4, 0.5) is 0 Å². The van der Waals surface area contributed by atoms with Gasteiger partial charge in [0, 0.05) is 0 Å². The van der Waals surface area contributed by atoms with Crippen molar-refractivity contribution in [3.05, 3.63) is 0 Å². The molecule has 3 unspecified atom stereocenters. The highest BCUT2D eigenvalue weighted by atomic mass is 14.9. The van der Waals surface area contributed by atoms with Gasteiger partial charge in [-0.05, 0) is 37.3 Å².